The van der Waals surface area contributed by atoms with Crippen LogP contribution in [0, 0.1) is 0 Å². The summed E-state index contributed by atoms with van der Waals surface area (Å²) in [6.45, 7) is 5.92. The monoisotopic (exact) mass is 328 g/mol. The Bertz CT molecular complexity index is 476. The number of hydrogen-bond acceptors (Lipinski definition) is 3. The molecule has 98 valence electrons. The number of benzene rings is 1. The Morgan fingerprint density at radius 1 is 1.50 bits per heavy atom. The SMILES string of the molecule is CC1(C)CN(C(=O)c2cc(N)ccc2Br)CCS1. The number of rotatable bonds is 1. The molecule has 2 rings (SSSR count). The van der Waals surface area contributed by atoms with E-state index in [1.807, 2.05) is 22.7 Å². The van der Waals surface area contributed by atoms with Crippen LogP contribution in [0.5, 0.6) is 0 Å². The first-order valence-corrected chi connectivity index (χ1v) is 7.65. The average molecular weight is 329 g/mol. The molecule has 0 radical (unpaired) electrons. The summed E-state index contributed by atoms with van der Waals surface area (Å²) in [6, 6.07) is 5.35. The van der Waals surface area contributed by atoms with Gasteiger partial charge >= 0.3 is 0 Å². The number of carbonyl (C=O) groups excluding carboxylic acids is 1. The van der Waals surface area contributed by atoms with Gasteiger partial charge in [0.2, 0.25) is 0 Å². The number of halogens is 1. The predicted octanol–water partition coefficient (Wildman–Crippen LogP) is 3.00. The second kappa shape index (κ2) is 5.13. The second-order valence-corrected chi connectivity index (χ2v) is 7.73. The molecule has 1 aliphatic heterocycles. The summed E-state index contributed by atoms with van der Waals surface area (Å²) in [5.74, 6) is 1.04. The molecule has 5 heteroatoms. The van der Waals surface area contributed by atoms with Crippen LogP contribution >= 0.6 is 27.7 Å². The van der Waals surface area contributed by atoms with Gasteiger partial charge in [0.05, 0.1) is 5.56 Å². The van der Waals surface area contributed by atoms with Crippen LogP contribution in [-0.2, 0) is 0 Å². The Hall–Kier alpha value is -0.680. The number of amides is 1. The fourth-order valence-electron chi connectivity index (χ4n) is 2.07. The highest BCUT2D eigenvalue weighted by atomic mass is 79.9. The third kappa shape index (κ3) is 3.01. The van der Waals surface area contributed by atoms with Crippen molar-refractivity contribution < 1.29 is 4.79 Å². The molecule has 0 bridgehead atoms. The highest BCUT2D eigenvalue weighted by molar-refractivity contribution is 9.10. The lowest BCUT2D eigenvalue weighted by molar-refractivity contribution is 0.0747. The van der Waals surface area contributed by atoms with Gasteiger partial charge in [-0.1, -0.05) is 0 Å². The summed E-state index contributed by atoms with van der Waals surface area (Å²) in [5, 5.41) is 0. The zero-order valence-corrected chi connectivity index (χ0v) is 13.0. The van der Waals surface area contributed by atoms with E-state index in [0.717, 1.165) is 23.3 Å². The van der Waals surface area contributed by atoms with Crippen molar-refractivity contribution >= 4 is 39.3 Å². The van der Waals surface area contributed by atoms with E-state index >= 15 is 0 Å². The normalized spacial score (nSPS) is 18.7. The molecule has 0 atom stereocenters. The number of hydrogen-bond donors (Lipinski definition) is 1. The van der Waals surface area contributed by atoms with Crippen molar-refractivity contribution in [2.45, 2.75) is 18.6 Å². The summed E-state index contributed by atoms with van der Waals surface area (Å²) in [5.41, 5.74) is 7.02. The van der Waals surface area contributed by atoms with Gasteiger partial charge in [-0.2, -0.15) is 11.8 Å². The maximum Gasteiger partial charge on any atom is 0.255 e. The van der Waals surface area contributed by atoms with E-state index in [1.54, 1.807) is 12.1 Å². The Morgan fingerprint density at radius 2 is 2.22 bits per heavy atom. The van der Waals surface area contributed by atoms with Crippen LogP contribution in [-0.4, -0.2) is 34.4 Å². The van der Waals surface area contributed by atoms with Gasteiger partial charge in [-0.3, -0.25) is 4.79 Å². The summed E-state index contributed by atoms with van der Waals surface area (Å²) in [7, 11) is 0. The maximum absolute atomic E-state index is 12.5. The highest BCUT2D eigenvalue weighted by Crippen LogP contribution is 2.31. The molecule has 1 aromatic rings. The molecule has 0 unspecified atom stereocenters. The van der Waals surface area contributed by atoms with Crippen LogP contribution in [0.2, 0.25) is 0 Å². The fraction of sp³-hybridized carbons (Fsp3) is 0.462. The number of nitrogens with zero attached hydrogens (tertiary/aromatic N) is 1. The third-order valence-electron chi connectivity index (χ3n) is 2.93. The van der Waals surface area contributed by atoms with Crippen LogP contribution in [0.3, 0.4) is 0 Å². The van der Waals surface area contributed by atoms with E-state index in [1.165, 1.54) is 0 Å². The van der Waals surface area contributed by atoms with Crippen LogP contribution in [0.1, 0.15) is 24.2 Å². The van der Waals surface area contributed by atoms with Crippen molar-refractivity contribution in [3.05, 3.63) is 28.2 Å². The summed E-state index contributed by atoms with van der Waals surface area (Å²) >= 11 is 5.33. The summed E-state index contributed by atoms with van der Waals surface area (Å²) in [4.78, 5) is 14.4. The lowest BCUT2D eigenvalue weighted by Crippen LogP contribution is -2.46. The molecule has 2 N–H and O–H groups in total. The average Bonchev–Trinajstić information content (AvgIpc) is 2.30. The van der Waals surface area contributed by atoms with Crippen LogP contribution in [0.4, 0.5) is 5.69 Å². The number of nitrogens with two attached hydrogens (primary N) is 1. The van der Waals surface area contributed by atoms with Gasteiger partial charge in [0, 0.05) is 33.7 Å². The van der Waals surface area contributed by atoms with Crippen LogP contribution in [0.15, 0.2) is 22.7 Å². The maximum atomic E-state index is 12.5. The highest BCUT2D eigenvalue weighted by Gasteiger charge is 2.30. The molecule has 0 aliphatic carbocycles. The van der Waals surface area contributed by atoms with E-state index in [9.17, 15) is 4.79 Å². The van der Waals surface area contributed by atoms with Crippen molar-refractivity contribution in [1.82, 2.24) is 4.90 Å². The van der Waals surface area contributed by atoms with E-state index in [0.29, 0.717) is 11.3 Å². The molecule has 1 heterocycles. The number of carbonyl (C=O) groups is 1. The topological polar surface area (TPSA) is 46.3 Å². The largest absolute Gasteiger partial charge is 0.399 e. The van der Waals surface area contributed by atoms with Gasteiger partial charge in [0.1, 0.15) is 0 Å². The molecule has 1 aliphatic rings. The number of anilines is 1. The Kier molecular flexibility index (Phi) is 3.92. The van der Waals surface area contributed by atoms with Gasteiger partial charge < -0.3 is 10.6 Å². The zero-order chi connectivity index (χ0) is 13.3. The number of thioether (sulfide) groups is 1. The Morgan fingerprint density at radius 3 is 2.89 bits per heavy atom. The Labute approximate surface area is 120 Å². The third-order valence-corrected chi connectivity index (χ3v) is 4.92. The van der Waals surface area contributed by atoms with E-state index in [2.05, 4.69) is 29.8 Å². The molecule has 1 aromatic carbocycles. The zero-order valence-electron chi connectivity index (χ0n) is 10.6. The molecule has 1 saturated heterocycles. The molecular formula is C13H17BrN2OS. The quantitative estimate of drug-likeness (QED) is 0.806. The minimum absolute atomic E-state index is 0.0579. The van der Waals surface area contributed by atoms with Gasteiger partial charge in [0.25, 0.3) is 5.91 Å². The van der Waals surface area contributed by atoms with Crippen LogP contribution in [0.25, 0.3) is 0 Å². The number of nitrogen functional groups attached to an aromatic ring is 1. The van der Waals surface area contributed by atoms with Gasteiger partial charge in [0.15, 0.2) is 0 Å². The smallest absolute Gasteiger partial charge is 0.255 e. The van der Waals surface area contributed by atoms with Crippen molar-refractivity contribution in [2.24, 2.45) is 0 Å². The standard InChI is InChI=1S/C13H17BrN2OS/c1-13(2)8-16(5-6-18-13)12(17)10-7-9(15)3-4-11(10)14/h3-4,7H,5-6,8,15H2,1-2H3. The first-order chi connectivity index (χ1) is 8.39. The summed E-state index contributed by atoms with van der Waals surface area (Å²) in [6.07, 6.45) is 0. The van der Waals surface area contributed by atoms with Crippen LogP contribution < -0.4 is 5.73 Å². The molecule has 0 spiro atoms. The first-order valence-electron chi connectivity index (χ1n) is 5.87. The fourth-order valence-corrected chi connectivity index (χ4v) is 3.59. The van der Waals surface area contributed by atoms with Crippen molar-refractivity contribution in [2.75, 3.05) is 24.6 Å². The van der Waals surface area contributed by atoms with E-state index in [-0.39, 0.29) is 10.7 Å². The van der Waals surface area contributed by atoms with E-state index in [4.69, 9.17) is 5.73 Å². The van der Waals surface area contributed by atoms with Gasteiger partial charge in [-0.15, -0.1) is 0 Å². The molecule has 0 aromatic heterocycles. The van der Waals surface area contributed by atoms with Gasteiger partial charge in [-0.25, -0.2) is 0 Å². The van der Waals surface area contributed by atoms with Crippen molar-refractivity contribution in [3.63, 3.8) is 0 Å². The molecular weight excluding hydrogens is 312 g/mol. The molecule has 18 heavy (non-hydrogen) atoms. The second-order valence-electron chi connectivity index (χ2n) is 5.07. The molecule has 3 nitrogen and oxygen atoms in total. The molecule has 1 fully saturated rings. The predicted molar refractivity (Wildman–Crippen MR) is 81.0 cm³/mol. The summed E-state index contributed by atoms with van der Waals surface area (Å²) < 4.78 is 0.929. The van der Waals surface area contributed by atoms with Crippen molar-refractivity contribution in [3.8, 4) is 0 Å². The molecule has 1 amide bonds. The van der Waals surface area contributed by atoms with Crippen molar-refractivity contribution in [1.29, 1.82) is 0 Å². The first kappa shape index (κ1) is 13.7. The van der Waals surface area contributed by atoms with Gasteiger partial charge in [-0.05, 0) is 48.0 Å². The molecule has 0 saturated carbocycles. The minimum Gasteiger partial charge on any atom is -0.399 e. The minimum atomic E-state index is 0.0579. The van der Waals surface area contributed by atoms with E-state index < -0.39 is 0 Å². The lowest BCUT2D eigenvalue weighted by atomic mass is 10.1. The Balaban J connectivity index is 2.23. The lowest BCUT2D eigenvalue weighted by Gasteiger charge is -2.37.